The number of carbonyl (C=O) groups excluding carboxylic acids is 1. The number of carbonyl (C=O) groups is 1. The van der Waals surface area contributed by atoms with Crippen molar-refractivity contribution < 1.29 is 4.79 Å². The number of aryl methyl sites for hydroxylation is 1. The van der Waals surface area contributed by atoms with Gasteiger partial charge in [-0.15, -0.1) is 0 Å². The highest BCUT2D eigenvalue weighted by Crippen LogP contribution is 2.27. The quantitative estimate of drug-likeness (QED) is 0.925. The maximum Gasteiger partial charge on any atom is 0.222 e. The van der Waals surface area contributed by atoms with Crippen LogP contribution in [-0.4, -0.2) is 37.0 Å². The van der Waals surface area contributed by atoms with Crippen molar-refractivity contribution in [1.82, 2.24) is 10.2 Å². The molecule has 2 atom stereocenters. The molecule has 3 heteroatoms. The Morgan fingerprint density at radius 1 is 1.13 bits per heavy atom. The van der Waals surface area contributed by atoms with Crippen molar-refractivity contribution in [3.8, 4) is 0 Å². The summed E-state index contributed by atoms with van der Waals surface area (Å²) in [4.78, 5) is 14.6. The van der Waals surface area contributed by atoms with Gasteiger partial charge in [-0.05, 0) is 61.2 Å². The van der Waals surface area contributed by atoms with Gasteiger partial charge in [-0.1, -0.05) is 38.1 Å². The molecule has 126 valence electrons. The number of hydrogen-bond donors (Lipinski definition) is 1. The second kappa shape index (κ2) is 7.48. The molecular weight excluding hydrogens is 284 g/mol. The van der Waals surface area contributed by atoms with Crippen molar-refractivity contribution in [2.24, 2.45) is 11.8 Å². The maximum atomic E-state index is 12.5. The monoisotopic (exact) mass is 314 g/mol. The predicted molar refractivity (Wildman–Crippen MR) is 94.5 cm³/mol. The first kappa shape index (κ1) is 16.5. The highest BCUT2D eigenvalue weighted by atomic mass is 16.2. The van der Waals surface area contributed by atoms with Crippen molar-refractivity contribution in [3.63, 3.8) is 0 Å². The van der Waals surface area contributed by atoms with Crippen LogP contribution in [0, 0.1) is 11.8 Å². The lowest BCUT2D eigenvalue weighted by molar-refractivity contribution is -0.131. The molecule has 2 aliphatic heterocycles. The minimum Gasteiger partial charge on any atom is -0.343 e. The van der Waals surface area contributed by atoms with Gasteiger partial charge in [0.1, 0.15) is 0 Å². The summed E-state index contributed by atoms with van der Waals surface area (Å²) in [5.74, 6) is 2.48. The lowest BCUT2D eigenvalue weighted by Gasteiger charge is -2.21. The molecule has 1 N–H and O–H groups in total. The van der Waals surface area contributed by atoms with E-state index in [9.17, 15) is 4.79 Å². The molecule has 1 amide bonds. The van der Waals surface area contributed by atoms with Gasteiger partial charge in [0.25, 0.3) is 0 Å². The SMILES string of the molecule is CC(C)c1ccc(CCC(=O)N2CC[C@@H]3CNC[C@@H]3CC2)cc1. The van der Waals surface area contributed by atoms with Crippen LogP contribution in [0.5, 0.6) is 0 Å². The second-order valence-electron chi connectivity index (χ2n) is 7.53. The van der Waals surface area contributed by atoms with Gasteiger partial charge in [-0.25, -0.2) is 0 Å². The van der Waals surface area contributed by atoms with Crippen LogP contribution in [0.3, 0.4) is 0 Å². The summed E-state index contributed by atoms with van der Waals surface area (Å²) < 4.78 is 0. The zero-order chi connectivity index (χ0) is 16.2. The number of rotatable bonds is 4. The molecule has 2 aliphatic rings. The van der Waals surface area contributed by atoms with E-state index in [1.165, 1.54) is 24.0 Å². The van der Waals surface area contributed by atoms with Crippen LogP contribution in [0.25, 0.3) is 0 Å². The molecule has 3 nitrogen and oxygen atoms in total. The number of nitrogens with one attached hydrogen (secondary N) is 1. The molecule has 1 aromatic rings. The van der Waals surface area contributed by atoms with Crippen LogP contribution < -0.4 is 5.32 Å². The molecular formula is C20H30N2O. The smallest absolute Gasteiger partial charge is 0.222 e. The normalized spacial score (nSPS) is 24.6. The largest absolute Gasteiger partial charge is 0.343 e. The van der Waals surface area contributed by atoms with Crippen LogP contribution in [0.1, 0.15) is 50.2 Å². The molecule has 1 aromatic carbocycles. The van der Waals surface area contributed by atoms with E-state index in [0.29, 0.717) is 18.2 Å². The minimum atomic E-state index is 0.339. The van der Waals surface area contributed by atoms with Crippen LogP contribution in [0.2, 0.25) is 0 Å². The summed E-state index contributed by atoms with van der Waals surface area (Å²) in [5, 5.41) is 3.49. The highest BCUT2D eigenvalue weighted by molar-refractivity contribution is 5.76. The Balaban J connectivity index is 1.49. The van der Waals surface area contributed by atoms with Crippen LogP contribution in [0.4, 0.5) is 0 Å². The Morgan fingerprint density at radius 3 is 2.30 bits per heavy atom. The standard InChI is InChI=1S/C20H30N2O/c1-15(2)17-6-3-16(4-7-17)5-8-20(23)22-11-9-18-13-21-14-19(18)10-12-22/h3-4,6-7,15,18-19,21H,5,8-14H2,1-2H3/t18-,19+. The second-order valence-corrected chi connectivity index (χ2v) is 7.53. The summed E-state index contributed by atoms with van der Waals surface area (Å²) in [6.45, 7) is 8.62. The average Bonchev–Trinajstić information content (AvgIpc) is 2.91. The number of nitrogens with zero attached hydrogens (tertiary/aromatic N) is 1. The van der Waals surface area contributed by atoms with E-state index in [2.05, 4.69) is 48.3 Å². The van der Waals surface area contributed by atoms with E-state index in [4.69, 9.17) is 0 Å². The van der Waals surface area contributed by atoms with Crippen molar-refractivity contribution in [1.29, 1.82) is 0 Å². The summed E-state index contributed by atoms with van der Waals surface area (Å²) in [5.41, 5.74) is 2.64. The predicted octanol–water partition coefficient (Wildman–Crippen LogP) is 3.20. The lowest BCUT2D eigenvalue weighted by Crippen LogP contribution is -2.32. The zero-order valence-electron chi connectivity index (χ0n) is 14.6. The molecule has 0 saturated carbocycles. The van der Waals surface area contributed by atoms with Gasteiger partial charge in [0.05, 0.1) is 0 Å². The fourth-order valence-electron chi connectivity index (χ4n) is 3.95. The molecule has 0 aromatic heterocycles. The van der Waals surface area contributed by atoms with E-state index < -0.39 is 0 Å². The Labute approximate surface area is 140 Å². The van der Waals surface area contributed by atoms with Crippen molar-refractivity contribution in [2.45, 2.75) is 45.4 Å². The zero-order valence-corrected chi connectivity index (χ0v) is 14.6. The Bertz CT molecular complexity index is 509. The third kappa shape index (κ3) is 4.14. The van der Waals surface area contributed by atoms with Gasteiger partial charge in [0.2, 0.25) is 5.91 Å². The molecule has 0 bridgehead atoms. The maximum absolute atomic E-state index is 12.5. The number of amides is 1. The summed E-state index contributed by atoms with van der Waals surface area (Å²) in [7, 11) is 0. The first-order chi connectivity index (χ1) is 11.1. The first-order valence-corrected chi connectivity index (χ1v) is 9.21. The third-order valence-electron chi connectivity index (χ3n) is 5.65. The summed E-state index contributed by atoms with van der Waals surface area (Å²) in [6.07, 6.45) is 3.86. The number of hydrogen-bond acceptors (Lipinski definition) is 2. The molecule has 0 spiro atoms. The topological polar surface area (TPSA) is 32.3 Å². The fourth-order valence-corrected chi connectivity index (χ4v) is 3.95. The Hall–Kier alpha value is -1.35. The van der Waals surface area contributed by atoms with Crippen LogP contribution in [0.15, 0.2) is 24.3 Å². The molecule has 0 unspecified atom stereocenters. The third-order valence-corrected chi connectivity index (χ3v) is 5.65. The van der Waals surface area contributed by atoms with E-state index in [1.54, 1.807) is 0 Å². The van der Waals surface area contributed by atoms with E-state index in [0.717, 1.165) is 44.4 Å². The van der Waals surface area contributed by atoms with Crippen molar-refractivity contribution in [2.75, 3.05) is 26.2 Å². The molecule has 2 heterocycles. The van der Waals surface area contributed by atoms with Crippen molar-refractivity contribution in [3.05, 3.63) is 35.4 Å². The Morgan fingerprint density at radius 2 is 1.74 bits per heavy atom. The molecule has 2 fully saturated rings. The lowest BCUT2D eigenvalue weighted by atomic mass is 9.92. The number of likely N-dealkylation sites (tertiary alicyclic amines) is 1. The highest BCUT2D eigenvalue weighted by Gasteiger charge is 2.31. The van der Waals surface area contributed by atoms with Gasteiger partial charge in [0, 0.05) is 19.5 Å². The van der Waals surface area contributed by atoms with Gasteiger partial charge in [0.15, 0.2) is 0 Å². The summed E-state index contributed by atoms with van der Waals surface area (Å²) >= 11 is 0. The summed E-state index contributed by atoms with van der Waals surface area (Å²) in [6, 6.07) is 8.76. The molecule has 0 radical (unpaired) electrons. The van der Waals surface area contributed by atoms with Gasteiger partial charge in [-0.2, -0.15) is 0 Å². The van der Waals surface area contributed by atoms with Gasteiger partial charge in [-0.3, -0.25) is 4.79 Å². The van der Waals surface area contributed by atoms with E-state index in [1.807, 2.05) is 0 Å². The Kier molecular flexibility index (Phi) is 5.37. The fraction of sp³-hybridized carbons (Fsp3) is 0.650. The molecule has 3 rings (SSSR count). The minimum absolute atomic E-state index is 0.339. The van der Waals surface area contributed by atoms with Crippen LogP contribution >= 0.6 is 0 Å². The molecule has 0 aliphatic carbocycles. The number of fused-ring (bicyclic) bond motifs is 1. The van der Waals surface area contributed by atoms with E-state index in [-0.39, 0.29) is 0 Å². The van der Waals surface area contributed by atoms with Crippen LogP contribution in [-0.2, 0) is 11.2 Å². The van der Waals surface area contributed by atoms with E-state index >= 15 is 0 Å². The number of benzene rings is 1. The molecule has 2 saturated heterocycles. The average molecular weight is 314 g/mol. The molecule has 23 heavy (non-hydrogen) atoms. The van der Waals surface area contributed by atoms with Crippen molar-refractivity contribution >= 4 is 5.91 Å². The first-order valence-electron chi connectivity index (χ1n) is 9.21. The van der Waals surface area contributed by atoms with Gasteiger partial charge >= 0.3 is 0 Å². The van der Waals surface area contributed by atoms with Gasteiger partial charge < -0.3 is 10.2 Å².